The molecule has 24 heavy (non-hydrogen) atoms. The van der Waals surface area contributed by atoms with E-state index in [4.69, 9.17) is 15.2 Å². The van der Waals surface area contributed by atoms with Crippen molar-refractivity contribution in [2.75, 3.05) is 20.0 Å². The highest BCUT2D eigenvalue weighted by atomic mass is 32.2. The normalized spacial score (nSPS) is 20.0. The van der Waals surface area contributed by atoms with Gasteiger partial charge in [-0.1, -0.05) is 17.8 Å². The summed E-state index contributed by atoms with van der Waals surface area (Å²) in [6.07, 6.45) is 0.119. The van der Waals surface area contributed by atoms with Gasteiger partial charge in [0.15, 0.2) is 11.5 Å². The molecule has 2 amide bonds. The highest BCUT2D eigenvalue weighted by Gasteiger charge is 2.35. The van der Waals surface area contributed by atoms with Crippen LogP contribution in [-0.4, -0.2) is 36.8 Å². The Hall–Kier alpha value is -2.53. The molecule has 1 heterocycles. The molecule has 126 valence electrons. The van der Waals surface area contributed by atoms with Gasteiger partial charge in [0.05, 0.1) is 31.1 Å². The van der Waals surface area contributed by atoms with E-state index in [-0.39, 0.29) is 24.0 Å². The molecule has 2 rings (SSSR count). The first-order valence-corrected chi connectivity index (χ1v) is 8.12. The van der Waals surface area contributed by atoms with Gasteiger partial charge in [0.2, 0.25) is 11.8 Å². The first-order chi connectivity index (χ1) is 11.5. The lowest BCUT2D eigenvalue weighted by atomic mass is 9.83. The van der Waals surface area contributed by atoms with Crippen molar-refractivity contribution in [1.82, 2.24) is 0 Å². The van der Waals surface area contributed by atoms with Gasteiger partial charge in [-0.2, -0.15) is 5.26 Å². The molecule has 7 nitrogen and oxygen atoms in total. The summed E-state index contributed by atoms with van der Waals surface area (Å²) < 4.78 is 10.5. The first kappa shape index (κ1) is 17.8. The van der Waals surface area contributed by atoms with Crippen LogP contribution in [0.15, 0.2) is 23.2 Å². The molecule has 0 aliphatic carbocycles. The number of aliphatic imine (C=N–C) groups is 1. The Morgan fingerprint density at radius 1 is 1.42 bits per heavy atom. The quantitative estimate of drug-likeness (QED) is 0.862. The van der Waals surface area contributed by atoms with Gasteiger partial charge in [-0.15, -0.1) is 0 Å². The molecule has 1 aliphatic rings. The molecule has 0 saturated heterocycles. The molecule has 8 heteroatoms. The Morgan fingerprint density at radius 2 is 2.12 bits per heavy atom. The Bertz CT molecular complexity index is 727. The number of benzene rings is 1. The van der Waals surface area contributed by atoms with E-state index in [0.717, 1.165) is 17.3 Å². The average molecular weight is 347 g/mol. The molecule has 1 aliphatic heterocycles. The number of methoxy groups -OCH3 is 2. The van der Waals surface area contributed by atoms with Gasteiger partial charge in [0, 0.05) is 12.3 Å². The van der Waals surface area contributed by atoms with Crippen LogP contribution < -0.4 is 15.2 Å². The first-order valence-electron chi connectivity index (χ1n) is 7.14. The summed E-state index contributed by atoms with van der Waals surface area (Å²) in [5.41, 5.74) is 5.91. The zero-order valence-corrected chi connectivity index (χ0v) is 14.1. The van der Waals surface area contributed by atoms with Gasteiger partial charge in [0.1, 0.15) is 5.92 Å². The van der Waals surface area contributed by atoms with E-state index in [9.17, 15) is 14.9 Å². The lowest BCUT2D eigenvalue weighted by molar-refractivity contribution is -0.118. The number of rotatable bonds is 5. The van der Waals surface area contributed by atoms with E-state index in [1.165, 1.54) is 14.2 Å². The van der Waals surface area contributed by atoms with Crippen molar-refractivity contribution in [2.45, 2.75) is 12.3 Å². The van der Waals surface area contributed by atoms with E-state index in [1.807, 2.05) is 0 Å². The third kappa shape index (κ3) is 3.86. The molecular formula is C16H17N3O4S. The molecule has 2 atom stereocenters. The van der Waals surface area contributed by atoms with Gasteiger partial charge in [0.25, 0.3) is 0 Å². The smallest absolute Gasteiger partial charge is 0.247 e. The van der Waals surface area contributed by atoms with Gasteiger partial charge in [-0.25, -0.2) is 4.99 Å². The molecule has 1 aromatic carbocycles. The summed E-state index contributed by atoms with van der Waals surface area (Å²) in [5, 5.41) is 9.87. The second-order valence-corrected chi connectivity index (χ2v) is 6.13. The van der Waals surface area contributed by atoms with Crippen LogP contribution in [0.1, 0.15) is 17.9 Å². The van der Waals surface area contributed by atoms with Crippen molar-refractivity contribution in [3.8, 4) is 17.6 Å². The average Bonchev–Trinajstić information content (AvgIpc) is 2.58. The van der Waals surface area contributed by atoms with Gasteiger partial charge < -0.3 is 15.2 Å². The van der Waals surface area contributed by atoms with Crippen LogP contribution in [0.4, 0.5) is 0 Å². The molecule has 0 spiro atoms. The number of carbonyl (C=O) groups is 2. The standard InChI is InChI=1S/C16H17N3O4S/c1-22-12-4-3-9(5-13(12)23-2)10-6-15(21)19-16(11(10)7-17)24-8-14(18)20/h3-5,10-11H,6,8H2,1-2H3,(H2,18,20). The molecule has 2 unspecified atom stereocenters. The third-order valence-electron chi connectivity index (χ3n) is 3.63. The van der Waals surface area contributed by atoms with Crippen molar-refractivity contribution in [1.29, 1.82) is 5.26 Å². The number of primary amides is 1. The fraction of sp³-hybridized carbons (Fsp3) is 0.375. The number of hydrogen-bond donors (Lipinski definition) is 1. The topological polar surface area (TPSA) is 115 Å². The maximum atomic E-state index is 12.0. The van der Waals surface area contributed by atoms with Crippen molar-refractivity contribution in [3.63, 3.8) is 0 Å². The molecule has 2 N–H and O–H groups in total. The number of nitrogens with zero attached hydrogens (tertiary/aromatic N) is 2. The Balaban J connectivity index is 2.36. The van der Waals surface area contributed by atoms with E-state index in [2.05, 4.69) is 11.1 Å². The Labute approximate surface area is 143 Å². The number of nitrogens with two attached hydrogens (primary N) is 1. The molecule has 1 aromatic rings. The molecule has 0 saturated carbocycles. The number of nitriles is 1. The van der Waals surface area contributed by atoms with Gasteiger partial charge in [-0.3, -0.25) is 9.59 Å². The SMILES string of the molecule is COc1ccc(C2CC(=O)N=C(SCC(N)=O)C2C#N)cc1OC. The van der Waals surface area contributed by atoms with Crippen LogP contribution >= 0.6 is 11.8 Å². The molecule has 0 radical (unpaired) electrons. The van der Waals surface area contributed by atoms with Gasteiger partial charge >= 0.3 is 0 Å². The second kappa shape index (κ2) is 7.84. The van der Waals surface area contributed by atoms with Crippen molar-refractivity contribution < 1.29 is 19.1 Å². The fourth-order valence-corrected chi connectivity index (χ4v) is 3.38. The minimum atomic E-state index is -0.620. The minimum absolute atomic E-state index is 0.0249. The van der Waals surface area contributed by atoms with Crippen LogP contribution in [0.25, 0.3) is 0 Å². The maximum absolute atomic E-state index is 12.0. The number of amides is 2. The number of thioether (sulfide) groups is 1. The van der Waals surface area contributed by atoms with Crippen LogP contribution in [-0.2, 0) is 9.59 Å². The second-order valence-electron chi connectivity index (χ2n) is 5.13. The summed E-state index contributed by atoms with van der Waals surface area (Å²) in [5.74, 6) is -0.779. The maximum Gasteiger partial charge on any atom is 0.247 e. The van der Waals surface area contributed by atoms with E-state index < -0.39 is 11.8 Å². The lowest BCUT2D eigenvalue weighted by Crippen LogP contribution is -2.28. The number of ether oxygens (including phenoxy) is 2. The van der Waals surface area contributed by atoms with E-state index >= 15 is 0 Å². The Morgan fingerprint density at radius 3 is 2.71 bits per heavy atom. The van der Waals surface area contributed by atoms with Crippen LogP contribution in [0, 0.1) is 17.2 Å². The van der Waals surface area contributed by atoms with E-state index in [0.29, 0.717) is 16.5 Å². The predicted molar refractivity (Wildman–Crippen MR) is 90.1 cm³/mol. The fourth-order valence-electron chi connectivity index (χ4n) is 2.52. The zero-order valence-electron chi connectivity index (χ0n) is 13.3. The third-order valence-corrected chi connectivity index (χ3v) is 4.70. The zero-order chi connectivity index (χ0) is 17.7. The molecule has 0 fully saturated rings. The summed E-state index contributed by atoms with van der Waals surface area (Å²) in [6.45, 7) is 0. The van der Waals surface area contributed by atoms with Crippen LogP contribution in [0.5, 0.6) is 11.5 Å². The van der Waals surface area contributed by atoms with Gasteiger partial charge in [-0.05, 0) is 17.7 Å². The predicted octanol–water partition coefficient (Wildman–Crippen LogP) is 1.47. The van der Waals surface area contributed by atoms with Crippen molar-refractivity contribution >= 4 is 28.6 Å². The molecule has 0 aromatic heterocycles. The highest BCUT2D eigenvalue weighted by molar-refractivity contribution is 8.14. The largest absolute Gasteiger partial charge is 0.493 e. The summed E-state index contributed by atoms with van der Waals surface area (Å²) in [6, 6.07) is 7.47. The lowest BCUT2D eigenvalue weighted by Gasteiger charge is -2.26. The van der Waals surface area contributed by atoms with Crippen LogP contribution in [0.3, 0.4) is 0 Å². The summed E-state index contributed by atoms with van der Waals surface area (Å²) in [4.78, 5) is 26.8. The molecule has 0 bridgehead atoms. The minimum Gasteiger partial charge on any atom is -0.493 e. The number of carbonyl (C=O) groups excluding carboxylic acids is 2. The van der Waals surface area contributed by atoms with Crippen LogP contribution in [0.2, 0.25) is 0 Å². The van der Waals surface area contributed by atoms with E-state index in [1.54, 1.807) is 18.2 Å². The van der Waals surface area contributed by atoms with Crippen molar-refractivity contribution in [2.24, 2.45) is 16.6 Å². The molecular weight excluding hydrogens is 330 g/mol. The number of hydrogen-bond acceptors (Lipinski definition) is 6. The van der Waals surface area contributed by atoms with Crippen molar-refractivity contribution in [3.05, 3.63) is 23.8 Å². The summed E-state index contributed by atoms with van der Waals surface area (Å²) in [7, 11) is 3.05. The Kier molecular flexibility index (Phi) is 5.82. The summed E-state index contributed by atoms with van der Waals surface area (Å²) >= 11 is 1.03. The highest BCUT2D eigenvalue weighted by Crippen LogP contribution is 2.39. The monoisotopic (exact) mass is 347 g/mol.